The van der Waals surface area contributed by atoms with Gasteiger partial charge in [0.15, 0.2) is 6.61 Å². The Morgan fingerprint density at radius 1 is 1.03 bits per heavy atom. The minimum atomic E-state index is -0.476. The fourth-order valence-electron chi connectivity index (χ4n) is 3.41. The minimum absolute atomic E-state index is 0.216. The molecule has 0 aromatic heterocycles. The lowest BCUT2D eigenvalue weighted by atomic mass is 9.96. The lowest BCUT2D eigenvalue weighted by Crippen LogP contribution is -2.50. The molecular formula is C23H25Cl2N3O4. The monoisotopic (exact) mass is 477 g/mol. The Kier molecular flexibility index (Phi) is 7.99. The topological polar surface area (TPSA) is 87.7 Å². The number of hydrogen-bond acceptors (Lipinski definition) is 4. The maximum absolute atomic E-state index is 12.8. The summed E-state index contributed by atoms with van der Waals surface area (Å²) < 4.78 is 5.46. The van der Waals surface area contributed by atoms with E-state index in [0.717, 1.165) is 11.1 Å². The van der Waals surface area contributed by atoms with Crippen molar-refractivity contribution >= 4 is 40.9 Å². The molecule has 1 fully saturated rings. The molecular weight excluding hydrogens is 453 g/mol. The van der Waals surface area contributed by atoms with Gasteiger partial charge in [0.2, 0.25) is 5.91 Å². The van der Waals surface area contributed by atoms with Crippen LogP contribution in [-0.4, -0.2) is 42.3 Å². The van der Waals surface area contributed by atoms with Crippen LogP contribution < -0.4 is 15.6 Å². The summed E-state index contributed by atoms with van der Waals surface area (Å²) in [6, 6.07) is 10.2. The van der Waals surface area contributed by atoms with Gasteiger partial charge in [-0.2, -0.15) is 0 Å². The highest BCUT2D eigenvalue weighted by molar-refractivity contribution is 6.42. The summed E-state index contributed by atoms with van der Waals surface area (Å²) in [4.78, 5) is 38.9. The van der Waals surface area contributed by atoms with Gasteiger partial charge in [0, 0.05) is 18.7 Å². The average molecular weight is 478 g/mol. The Morgan fingerprint density at radius 3 is 2.53 bits per heavy atom. The zero-order valence-electron chi connectivity index (χ0n) is 17.9. The van der Waals surface area contributed by atoms with Crippen LogP contribution in [-0.2, 0) is 9.59 Å². The lowest BCUT2D eigenvalue weighted by molar-refractivity contribution is -0.132. The van der Waals surface area contributed by atoms with Crippen molar-refractivity contribution in [1.82, 2.24) is 15.8 Å². The van der Waals surface area contributed by atoms with Crippen LogP contribution in [0, 0.1) is 19.8 Å². The molecule has 3 amide bonds. The smallest absolute Gasteiger partial charge is 0.276 e. The molecule has 2 aromatic carbocycles. The van der Waals surface area contributed by atoms with Crippen molar-refractivity contribution < 1.29 is 19.1 Å². The maximum Gasteiger partial charge on any atom is 0.276 e. The van der Waals surface area contributed by atoms with E-state index in [4.69, 9.17) is 27.9 Å². The summed E-state index contributed by atoms with van der Waals surface area (Å²) in [6.45, 7) is 4.52. The third-order valence-electron chi connectivity index (χ3n) is 5.42. The van der Waals surface area contributed by atoms with Gasteiger partial charge in [0.1, 0.15) is 5.75 Å². The molecule has 1 aliphatic heterocycles. The molecule has 1 saturated heterocycles. The first-order valence-electron chi connectivity index (χ1n) is 10.3. The molecule has 0 aliphatic carbocycles. The highest BCUT2D eigenvalue weighted by Crippen LogP contribution is 2.25. The summed E-state index contributed by atoms with van der Waals surface area (Å²) in [5.41, 5.74) is 7.41. The van der Waals surface area contributed by atoms with Crippen LogP contribution >= 0.6 is 23.2 Å². The van der Waals surface area contributed by atoms with Crippen LogP contribution in [0.5, 0.6) is 5.75 Å². The van der Waals surface area contributed by atoms with E-state index >= 15 is 0 Å². The van der Waals surface area contributed by atoms with Gasteiger partial charge >= 0.3 is 0 Å². The van der Waals surface area contributed by atoms with Crippen molar-refractivity contribution in [3.05, 3.63) is 63.1 Å². The number of piperidine rings is 1. The van der Waals surface area contributed by atoms with Gasteiger partial charge in [0.05, 0.1) is 16.0 Å². The molecule has 3 rings (SSSR count). The third kappa shape index (κ3) is 6.14. The molecule has 1 atom stereocenters. The number of ether oxygens (including phenoxy) is 1. The van der Waals surface area contributed by atoms with Gasteiger partial charge in [0.25, 0.3) is 11.8 Å². The van der Waals surface area contributed by atoms with Crippen molar-refractivity contribution in [3.63, 3.8) is 0 Å². The van der Waals surface area contributed by atoms with E-state index in [-0.39, 0.29) is 25.0 Å². The Hall–Kier alpha value is -2.77. The zero-order valence-corrected chi connectivity index (χ0v) is 19.4. The van der Waals surface area contributed by atoms with Crippen molar-refractivity contribution in [2.45, 2.75) is 26.7 Å². The van der Waals surface area contributed by atoms with Crippen LogP contribution in [0.2, 0.25) is 10.0 Å². The molecule has 1 unspecified atom stereocenters. The highest BCUT2D eigenvalue weighted by atomic mass is 35.5. The first-order valence-corrected chi connectivity index (χ1v) is 11.0. The average Bonchev–Trinajstić information content (AvgIpc) is 2.79. The number of rotatable bonds is 5. The predicted molar refractivity (Wildman–Crippen MR) is 123 cm³/mol. The molecule has 0 spiro atoms. The fraction of sp³-hybridized carbons (Fsp3) is 0.348. The number of likely N-dealkylation sites (tertiary alicyclic amines) is 1. The molecule has 0 saturated carbocycles. The molecule has 32 heavy (non-hydrogen) atoms. The molecule has 1 aliphatic rings. The number of hydrazine groups is 1. The SMILES string of the molecule is Cc1ccc(OCC(=O)NNC(=O)C2CCCN(C(=O)c3ccc(Cl)c(Cl)c3)C2)cc1C. The second kappa shape index (κ2) is 10.7. The summed E-state index contributed by atoms with van der Waals surface area (Å²) in [6.07, 6.45) is 1.29. The summed E-state index contributed by atoms with van der Waals surface area (Å²) in [7, 11) is 0. The number of aryl methyl sites for hydroxylation is 2. The molecule has 9 heteroatoms. The van der Waals surface area contributed by atoms with Crippen LogP contribution in [0.25, 0.3) is 0 Å². The van der Waals surface area contributed by atoms with E-state index in [1.165, 1.54) is 6.07 Å². The highest BCUT2D eigenvalue weighted by Gasteiger charge is 2.29. The largest absolute Gasteiger partial charge is 0.484 e. The van der Waals surface area contributed by atoms with E-state index < -0.39 is 11.8 Å². The van der Waals surface area contributed by atoms with E-state index in [1.54, 1.807) is 23.1 Å². The van der Waals surface area contributed by atoms with Crippen LogP contribution in [0.4, 0.5) is 0 Å². The Labute approximate surface area is 197 Å². The Bertz CT molecular complexity index is 1030. The molecule has 1 heterocycles. The predicted octanol–water partition coefficient (Wildman–Crippen LogP) is 3.69. The van der Waals surface area contributed by atoms with Gasteiger partial charge in [-0.1, -0.05) is 29.3 Å². The van der Waals surface area contributed by atoms with E-state index in [2.05, 4.69) is 10.9 Å². The quantitative estimate of drug-likeness (QED) is 0.642. The Morgan fingerprint density at radius 2 is 1.81 bits per heavy atom. The first kappa shape index (κ1) is 23.9. The van der Waals surface area contributed by atoms with Crippen LogP contribution in [0.1, 0.15) is 34.3 Å². The number of benzene rings is 2. The molecule has 0 bridgehead atoms. The number of halogens is 2. The number of nitrogens with one attached hydrogen (secondary N) is 2. The zero-order chi connectivity index (χ0) is 23.3. The summed E-state index contributed by atoms with van der Waals surface area (Å²) >= 11 is 11.9. The third-order valence-corrected chi connectivity index (χ3v) is 6.16. The molecule has 2 aromatic rings. The molecule has 0 radical (unpaired) electrons. The first-order chi connectivity index (χ1) is 15.2. The Balaban J connectivity index is 1.48. The standard InChI is InChI=1S/C23H25Cl2N3O4/c1-14-5-7-18(10-15(14)2)32-13-21(29)26-27-22(30)17-4-3-9-28(12-17)23(31)16-6-8-19(24)20(25)11-16/h5-8,10-11,17H,3-4,9,12-13H2,1-2H3,(H,26,29)(H,27,30). The maximum atomic E-state index is 12.8. The van der Waals surface area contributed by atoms with Gasteiger partial charge in [-0.25, -0.2) is 0 Å². The number of hydrogen-bond donors (Lipinski definition) is 2. The summed E-state index contributed by atoms with van der Waals surface area (Å²) in [5.74, 6) is -0.894. The van der Waals surface area contributed by atoms with E-state index in [9.17, 15) is 14.4 Å². The lowest BCUT2D eigenvalue weighted by Gasteiger charge is -2.32. The fourth-order valence-corrected chi connectivity index (χ4v) is 3.71. The second-order valence-electron chi connectivity index (χ2n) is 7.79. The van der Waals surface area contributed by atoms with Gasteiger partial charge in [-0.3, -0.25) is 25.2 Å². The van der Waals surface area contributed by atoms with E-state index in [0.29, 0.717) is 40.7 Å². The number of amides is 3. The van der Waals surface area contributed by atoms with Gasteiger partial charge in [-0.15, -0.1) is 0 Å². The van der Waals surface area contributed by atoms with E-state index in [1.807, 2.05) is 26.0 Å². The number of nitrogens with zero attached hydrogens (tertiary/aromatic N) is 1. The van der Waals surface area contributed by atoms with Crippen molar-refractivity contribution in [2.75, 3.05) is 19.7 Å². The van der Waals surface area contributed by atoms with Crippen molar-refractivity contribution in [1.29, 1.82) is 0 Å². The molecule has 7 nitrogen and oxygen atoms in total. The number of carbonyl (C=O) groups excluding carboxylic acids is 3. The normalized spacial score (nSPS) is 15.8. The molecule has 170 valence electrons. The van der Waals surface area contributed by atoms with Gasteiger partial charge in [-0.05, 0) is 68.1 Å². The van der Waals surface area contributed by atoms with Crippen molar-refractivity contribution in [2.24, 2.45) is 5.92 Å². The summed E-state index contributed by atoms with van der Waals surface area (Å²) in [5, 5.41) is 0.672. The minimum Gasteiger partial charge on any atom is -0.484 e. The van der Waals surface area contributed by atoms with Crippen LogP contribution in [0.15, 0.2) is 36.4 Å². The van der Waals surface area contributed by atoms with Gasteiger partial charge < -0.3 is 9.64 Å². The number of carbonyl (C=O) groups is 3. The second-order valence-corrected chi connectivity index (χ2v) is 8.61. The molecule has 2 N–H and O–H groups in total. The van der Waals surface area contributed by atoms with Crippen molar-refractivity contribution in [3.8, 4) is 5.75 Å². The van der Waals surface area contributed by atoms with Crippen LogP contribution in [0.3, 0.4) is 0 Å².